The number of amides is 1. The number of hydrogen-bond acceptors (Lipinski definition) is 5. The van der Waals surface area contributed by atoms with E-state index >= 15 is 0 Å². The van der Waals surface area contributed by atoms with Gasteiger partial charge in [0.15, 0.2) is 0 Å². The second kappa shape index (κ2) is 8.09. The number of hydrogen-bond donors (Lipinski definition) is 1. The van der Waals surface area contributed by atoms with Crippen LogP contribution in [0, 0.1) is 5.92 Å². The second-order valence-corrected chi connectivity index (χ2v) is 5.86. The summed E-state index contributed by atoms with van der Waals surface area (Å²) in [4.78, 5) is 18.0. The fourth-order valence-electron chi connectivity index (χ4n) is 2.47. The minimum atomic E-state index is 0.0232. The van der Waals surface area contributed by atoms with Crippen molar-refractivity contribution in [3.05, 3.63) is 12.7 Å². The lowest BCUT2D eigenvalue weighted by Crippen LogP contribution is -2.48. The van der Waals surface area contributed by atoms with Crippen LogP contribution in [0.25, 0.3) is 0 Å². The standard InChI is InChI=1S/C14H25N5O2/c1-12(2)8-18-5-6-21-13(9-18)7-16-14(20)3-4-19-11-15-10-17-19/h10-13H,3-9H2,1-2H3,(H,16,20). The van der Waals surface area contributed by atoms with Gasteiger partial charge in [-0.05, 0) is 5.92 Å². The average molecular weight is 295 g/mol. The summed E-state index contributed by atoms with van der Waals surface area (Å²) in [6, 6.07) is 0. The van der Waals surface area contributed by atoms with Crippen LogP contribution in [0.1, 0.15) is 20.3 Å². The molecule has 7 heteroatoms. The normalized spacial score (nSPS) is 19.9. The summed E-state index contributed by atoms with van der Waals surface area (Å²) in [6.07, 6.45) is 3.58. The van der Waals surface area contributed by atoms with Crippen molar-refractivity contribution in [2.45, 2.75) is 32.9 Å². The van der Waals surface area contributed by atoms with Crippen molar-refractivity contribution in [2.24, 2.45) is 5.92 Å². The predicted molar refractivity (Wildman–Crippen MR) is 78.7 cm³/mol. The van der Waals surface area contributed by atoms with Crippen molar-refractivity contribution < 1.29 is 9.53 Å². The van der Waals surface area contributed by atoms with Gasteiger partial charge in [-0.3, -0.25) is 14.4 Å². The second-order valence-electron chi connectivity index (χ2n) is 5.86. The summed E-state index contributed by atoms with van der Waals surface area (Å²) in [5.74, 6) is 0.677. The van der Waals surface area contributed by atoms with Crippen LogP contribution in [-0.2, 0) is 16.1 Å². The molecule has 1 saturated heterocycles. The summed E-state index contributed by atoms with van der Waals surface area (Å²) >= 11 is 0. The molecule has 1 atom stereocenters. The molecule has 2 rings (SSSR count). The summed E-state index contributed by atoms with van der Waals surface area (Å²) in [7, 11) is 0. The third-order valence-electron chi connectivity index (χ3n) is 3.41. The van der Waals surface area contributed by atoms with E-state index in [9.17, 15) is 4.79 Å². The number of nitrogens with one attached hydrogen (secondary N) is 1. The van der Waals surface area contributed by atoms with Crippen LogP contribution >= 0.6 is 0 Å². The molecule has 1 aliphatic heterocycles. The van der Waals surface area contributed by atoms with Gasteiger partial charge in [-0.15, -0.1) is 0 Å². The first-order valence-electron chi connectivity index (χ1n) is 7.56. The van der Waals surface area contributed by atoms with Gasteiger partial charge in [-0.1, -0.05) is 13.8 Å². The van der Waals surface area contributed by atoms with E-state index in [0.29, 0.717) is 25.4 Å². The first-order valence-corrected chi connectivity index (χ1v) is 7.56. The fraction of sp³-hybridized carbons (Fsp3) is 0.786. The van der Waals surface area contributed by atoms with Crippen LogP contribution in [0.5, 0.6) is 0 Å². The molecule has 1 amide bonds. The van der Waals surface area contributed by atoms with E-state index in [1.54, 1.807) is 11.0 Å². The van der Waals surface area contributed by atoms with Crippen molar-refractivity contribution in [1.29, 1.82) is 0 Å². The lowest BCUT2D eigenvalue weighted by molar-refractivity contribution is -0.122. The number of morpholine rings is 1. The predicted octanol–water partition coefficient (Wildman–Crippen LogP) is 0.141. The van der Waals surface area contributed by atoms with E-state index in [0.717, 1.165) is 26.2 Å². The van der Waals surface area contributed by atoms with E-state index < -0.39 is 0 Å². The smallest absolute Gasteiger partial charge is 0.221 e. The largest absolute Gasteiger partial charge is 0.374 e. The molecule has 1 aromatic heterocycles. The Morgan fingerprint density at radius 2 is 2.38 bits per heavy atom. The zero-order chi connectivity index (χ0) is 15.1. The molecule has 1 aromatic rings. The molecule has 0 spiro atoms. The summed E-state index contributed by atoms with van der Waals surface area (Å²) in [6.45, 7) is 9.26. The van der Waals surface area contributed by atoms with Crippen molar-refractivity contribution in [3.63, 3.8) is 0 Å². The Labute approximate surface area is 125 Å². The molecule has 0 aromatic carbocycles. The van der Waals surface area contributed by atoms with Gasteiger partial charge in [0.25, 0.3) is 0 Å². The van der Waals surface area contributed by atoms with Crippen molar-refractivity contribution >= 4 is 5.91 Å². The molecule has 1 aliphatic rings. The molecule has 2 heterocycles. The monoisotopic (exact) mass is 295 g/mol. The number of carbonyl (C=O) groups excluding carboxylic acids is 1. The van der Waals surface area contributed by atoms with Crippen molar-refractivity contribution in [1.82, 2.24) is 25.0 Å². The van der Waals surface area contributed by atoms with Crippen molar-refractivity contribution in [2.75, 3.05) is 32.8 Å². The van der Waals surface area contributed by atoms with Crippen LogP contribution in [0.15, 0.2) is 12.7 Å². The Kier molecular flexibility index (Phi) is 6.13. The minimum absolute atomic E-state index is 0.0232. The third kappa shape index (κ3) is 5.81. The van der Waals surface area contributed by atoms with Crippen LogP contribution in [0.3, 0.4) is 0 Å². The molecule has 1 unspecified atom stereocenters. The maximum Gasteiger partial charge on any atom is 0.221 e. The molecule has 7 nitrogen and oxygen atoms in total. The quantitative estimate of drug-likeness (QED) is 0.775. The van der Waals surface area contributed by atoms with Crippen LogP contribution < -0.4 is 5.32 Å². The third-order valence-corrected chi connectivity index (χ3v) is 3.41. The molecular weight excluding hydrogens is 270 g/mol. The highest BCUT2D eigenvalue weighted by Crippen LogP contribution is 2.07. The van der Waals surface area contributed by atoms with E-state index in [4.69, 9.17) is 4.74 Å². The molecule has 0 radical (unpaired) electrons. The number of ether oxygens (including phenoxy) is 1. The van der Waals surface area contributed by atoms with Gasteiger partial charge in [0, 0.05) is 32.6 Å². The zero-order valence-corrected chi connectivity index (χ0v) is 12.9. The van der Waals surface area contributed by atoms with Gasteiger partial charge < -0.3 is 10.1 Å². The Morgan fingerprint density at radius 3 is 3.10 bits per heavy atom. The highest BCUT2D eigenvalue weighted by molar-refractivity contribution is 5.75. The number of nitrogens with zero attached hydrogens (tertiary/aromatic N) is 4. The highest BCUT2D eigenvalue weighted by Gasteiger charge is 2.21. The Hall–Kier alpha value is -1.47. The molecular formula is C14H25N5O2. The van der Waals surface area contributed by atoms with Gasteiger partial charge in [0.1, 0.15) is 12.7 Å². The molecule has 0 aliphatic carbocycles. The van der Waals surface area contributed by atoms with E-state index in [-0.39, 0.29) is 12.0 Å². The molecule has 0 saturated carbocycles. The van der Waals surface area contributed by atoms with E-state index in [1.165, 1.54) is 6.33 Å². The number of carbonyl (C=O) groups is 1. The number of aryl methyl sites for hydroxylation is 1. The fourth-order valence-corrected chi connectivity index (χ4v) is 2.47. The highest BCUT2D eigenvalue weighted by atomic mass is 16.5. The molecule has 1 N–H and O–H groups in total. The van der Waals surface area contributed by atoms with E-state index in [1.807, 2.05) is 0 Å². The average Bonchev–Trinajstić information content (AvgIpc) is 2.96. The van der Waals surface area contributed by atoms with Crippen molar-refractivity contribution in [3.8, 4) is 0 Å². The van der Waals surface area contributed by atoms with E-state index in [2.05, 4.69) is 34.1 Å². The number of rotatable bonds is 7. The number of aromatic nitrogens is 3. The maximum absolute atomic E-state index is 11.8. The lowest BCUT2D eigenvalue weighted by Gasteiger charge is -2.33. The van der Waals surface area contributed by atoms with Crippen LogP contribution in [0.4, 0.5) is 0 Å². The molecule has 21 heavy (non-hydrogen) atoms. The van der Waals surface area contributed by atoms with Gasteiger partial charge >= 0.3 is 0 Å². The van der Waals surface area contributed by atoms with Crippen LogP contribution in [0.2, 0.25) is 0 Å². The molecule has 0 bridgehead atoms. The Balaban J connectivity index is 1.63. The van der Waals surface area contributed by atoms with Gasteiger partial charge in [0.2, 0.25) is 5.91 Å². The maximum atomic E-state index is 11.8. The summed E-state index contributed by atoms with van der Waals surface area (Å²) in [5.41, 5.74) is 0. The lowest BCUT2D eigenvalue weighted by atomic mass is 10.2. The van der Waals surface area contributed by atoms with Gasteiger partial charge in [-0.2, -0.15) is 5.10 Å². The molecule has 118 valence electrons. The SMILES string of the molecule is CC(C)CN1CCOC(CNC(=O)CCn2cncn2)C1. The summed E-state index contributed by atoms with van der Waals surface area (Å²) < 4.78 is 7.36. The van der Waals surface area contributed by atoms with Crippen LogP contribution in [-0.4, -0.2) is 64.5 Å². The summed E-state index contributed by atoms with van der Waals surface area (Å²) in [5, 5.41) is 6.91. The van der Waals surface area contributed by atoms with Gasteiger partial charge in [0.05, 0.1) is 19.3 Å². The topological polar surface area (TPSA) is 72.3 Å². The first-order chi connectivity index (χ1) is 10.1. The first kappa shape index (κ1) is 15.9. The van der Waals surface area contributed by atoms with Gasteiger partial charge in [-0.25, -0.2) is 4.98 Å². The molecule has 1 fully saturated rings. The minimum Gasteiger partial charge on any atom is -0.374 e. The Morgan fingerprint density at radius 1 is 1.52 bits per heavy atom. The zero-order valence-electron chi connectivity index (χ0n) is 12.9. The Bertz CT molecular complexity index is 421.